The Bertz CT molecular complexity index is 1080. The molecule has 0 atom stereocenters. The number of nitro groups is 1. The number of oxime groups is 1. The molecule has 0 fully saturated rings. The van der Waals surface area contributed by atoms with E-state index in [-0.39, 0.29) is 12.4 Å². The Morgan fingerprint density at radius 3 is 2.41 bits per heavy atom. The number of hydrogen-bond acceptors (Lipinski definition) is 6. The zero-order valence-electron chi connectivity index (χ0n) is 15.1. The SMILES string of the molecule is Cc1nc([N+](=O)[O-])cn1C/C(=N/OC(=O)c1ccc(Cl)cc1)c1ccc(Br)cc1. The highest BCUT2D eigenvalue weighted by molar-refractivity contribution is 9.10. The number of aromatic nitrogens is 2. The number of nitrogens with zero attached hydrogens (tertiary/aromatic N) is 4. The first kappa shape index (κ1) is 20.7. The van der Waals surface area contributed by atoms with Gasteiger partial charge >= 0.3 is 11.8 Å². The van der Waals surface area contributed by atoms with Crippen LogP contribution in [-0.4, -0.2) is 26.2 Å². The molecule has 10 heteroatoms. The van der Waals surface area contributed by atoms with Crippen molar-refractivity contribution in [2.45, 2.75) is 13.5 Å². The van der Waals surface area contributed by atoms with Crippen LogP contribution in [0.3, 0.4) is 0 Å². The highest BCUT2D eigenvalue weighted by Crippen LogP contribution is 2.16. The fourth-order valence-corrected chi connectivity index (χ4v) is 2.84. The maximum absolute atomic E-state index is 12.3. The summed E-state index contributed by atoms with van der Waals surface area (Å²) >= 11 is 9.19. The molecule has 8 nitrogen and oxygen atoms in total. The van der Waals surface area contributed by atoms with E-state index in [2.05, 4.69) is 26.1 Å². The van der Waals surface area contributed by atoms with Crippen LogP contribution < -0.4 is 0 Å². The lowest BCUT2D eigenvalue weighted by atomic mass is 10.1. The molecule has 3 aromatic rings. The molecule has 0 amide bonds. The molecule has 3 rings (SSSR count). The van der Waals surface area contributed by atoms with E-state index in [1.807, 2.05) is 12.1 Å². The van der Waals surface area contributed by atoms with E-state index < -0.39 is 10.9 Å². The summed E-state index contributed by atoms with van der Waals surface area (Å²) in [5, 5.41) is 15.5. The first-order chi connectivity index (χ1) is 13.8. The maximum atomic E-state index is 12.3. The largest absolute Gasteiger partial charge is 0.381 e. The summed E-state index contributed by atoms with van der Waals surface area (Å²) in [6, 6.07) is 13.4. The molecule has 0 spiro atoms. The lowest BCUT2D eigenvalue weighted by Gasteiger charge is -2.08. The van der Waals surface area contributed by atoms with Gasteiger partial charge in [0.05, 0.1) is 12.1 Å². The molecule has 0 saturated carbocycles. The van der Waals surface area contributed by atoms with Gasteiger partial charge in [-0.1, -0.05) is 44.8 Å². The number of halogens is 2. The van der Waals surface area contributed by atoms with Crippen LogP contribution in [-0.2, 0) is 11.4 Å². The van der Waals surface area contributed by atoms with Crippen molar-refractivity contribution in [3.8, 4) is 0 Å². The minimum absolute atomic E-state index is 0.127. The average molecular weight is 478 g/mol. The smallest absolute Gasteiger partial charge is 0.358 e. The number of rotatable bonds is 6. The van der Waals surface area contributed by atoms with Crippen molar-refractivity contribution in [3.05, 3.63) is 91.3 Å². The molecule has 0 N–H and O–H groups in total. The lowest BCUT2D eigenvalue weighted by Crippen LogP contribution is -2.14. The Hall–Kier alpha value is -3.04. The van der Waals surface area contributed by atoms with E-state index in [9.17, 15) is 14.9 Å². The van der Waals surface area contributed by atoms with Crippen molar-refractivity contribution in [1.82, 2.24) is 9.55 Å². The number of benzene rings is 2. The third-order valence-corrected chi connectivity index (χ3v) is 4.75. The minimum atomic E-state index is -0.649. The minimum Gasteiger partial charge on any atom is -0.358 e. The second-order valence-corrected chi connectivity index (χ2v) is 7.31. The molecular weight excluding hydrogens is 464 g/mol. The van der Waals surface area contributed by atoms with E-state index in [4.69, 9.17) is 16.4 Å². The molecule has 0 saturated heterocycles. The van der Waals surface area contributed by atoms with Gasteiger partial charge in [-0.3, -0.25) is 0 Å². The first-order valence-corrected chi connectivity index (χ1v) is 9.48. The molecule has 1 heterocycles. The summed E-state index contributed by atoms with van der Waals surface area (Å²) in [6.07, 6.45) is 1.31. The van der Waals surface area contributed by atoms with Crippen LogP contribution in [0.15, 0.2) is 64.4 Å². The lowest BCUT2D eigenvalue weighted by molar-refractivity contribution is -0.389. The standard InChI is InChI=1S/C19H14BrClN4O4/c1-12-22-18(25(27)28)11-24(12)10-17(13-2-6-15(20)7-3-13)23-29-19(26)14-4-8-16(21)9-5-14/h2-9,11H,10H2,1H3/b23-17-. The van der Waals surface area contributed by atoms with Crippen LogP contribution >= 0.6 is 27.5 Å². The van der Waals surface area contributed by atoms with Crippen molar-refractivity contribution in [3.63, 3.8) is 0 Å². The van der Waals surface area contributed by atoms with Crippen molar-refractivity contribution < 1.29 is 14.6 Å². The number of aryl methyl sites for hydroxylation is 1. The Morgan fingerprint density at radius 2 is 1.83 bits per heavy atom. The highest BCUT2D eigenvalue weighted by Gasteiger charge is 2.18. The average Bonchev–Trinajstić information content (AvgIpc) is 3.07. The topological polar surface area (TPSA) is 99.6 Å². The van der Waals surface area contributed by atoms with Gasteiger partial charge < -0.3 is 19.5 Å². The summed E-state index contributed by atoms with van der Waals surface area (Å²) in [6.45, 7) is 1.77. The number of hydrogen-bond donors (Lipinski definition) is 0. The molecular formula is C19H14BrClN4O4. The Labute approximate surface area is 179 Å². The summed E-state index contributed by atoms with van der Waals surface area (Å²) in [5.41, 5.74) is 1.38. The summed E-state index contributed by atoms with van der Waals surface area (Å²) < 4.78 is 2.43. The van der Waals surface area contributed by atoms with Crippen LogP contribution in [0.2, 0.25) is 5.02 Å². The highest BCUT2D eigenvalue weighted by atomic mass is 79.9. The molecule has 0 bridgehead atoms. The monoisotopic (exact) mass is 476 g/mol. The molecule has 29 heavy (non-hydrogen) atoms. The molecule has 0 radical (unpaired) electrons. The van der Waals surface area contributed by atoms with Gasteiger partial charge in [0.2, 0.25) is 5.82 Å². The fraction of sp³-hybridized carbons (Fsp3) is 0.105. The van der Waals surface area contributed by atoms with Crippen molar-refractivity contribution in [2.75, 3.05) is 0 Å². The van der Waals surface area contributed by atoms with Gasteiger partial charge in [0.15, 0.2) is 0 Å². The van der Waals surface area contributed by atoms with E-state index >= 15 is 0 Å². The third kappa shape index (κ3) is 5.27. The number of carbonyl (C=O) groups is 1. The maximum Gasteiger partial charge on any atom is 0.381 e. The van der Waals surface area contributed by atoms with Crippen LogP contribution in [0.4, 0.5) is 5.82 Å². The van der Waals surface area contributed by atoms with Gasteiger partial charge in [-0.25, -0.2) is 4.79 Å². The Morgan fingerprint density at radius 1 is 1.21 bits per heavy atom. The molecule has 0 aliphatic heterocycles. The molecule has 0 aliphatic rings. The van der Waals surface area contributed by atoms with Gasteiger partial charge in [-0.15, -0.1) is 0 Å². The first-order valence-electron chi connectivity index (χ1n) is 8.31. The van der Waals surface area contributed by atoms with E-state index in [0.29, 0.717) is 27.7 Å². The molecule has 0 unspecified atom stereocenters. The molecule has 1 aromatic heterocycles. The molecule has 0 aliphatic carbocycles. The summed E-state index contributed by atoms with van der Waals surface area (Å²) in [7, 11) is 0. The quantitative estimate of drug-likeness (QED) is 0.220. The van der Waals surface area contributed by atoms with Gasteiger partial charge in [-0.2, -0.15) is 0 Å². The van der Waals surface area contributed by atoms with Crippen molar-refractivity contribution >= 4 is 45.0 Å². The third-order valence-electron chi connectivity index (χ3n) is 3.97. The predicted octanol–water partition coefficient (Wildman–Crippen LogP) is 4.78. The van der Waals surface area contributed by atoms with Crippen LogP contribution in [0.1, 0.15) is 21.7 Å². The van der Waals surface area contributed by atoms with Gasteiger partial charge in [0.1, 0.15) is 11.9 Å². The normalized spacial score (nSPS) is 11.3. The Kier molecular flexibility index (Phi) is 6.40. The van der Waals surface area contributed by atoms with E-state index in [1.54, 1.807) is 35.8 Å². The predicted molar refractivity (Wildman–Crippen MR) is 111 cm³/mol. The van der Waals surface area contributed by atoms with Crippen LogP contribution in [0, 0.1) is 17.0 Å². The van der Waals surface area contributed by atoms with Gasteiger partial charge in [0, 0.05) is 22.0 Å². The van der Waals surface area contributed by atoms with Crippen molar-refractivity contribution in [2.24, 2.45) is 5.16 Å². The fourth-order valence-electron chi connectivity index (χ4n) is 2.45. The number of imidazole rings is 1. The Balaban J connectivity index is 1.89. The van der Waals surface area contributed by atoms with Crippen LogP contribution in [0.25, 0.3) is 0 Å². The summed E-state index contributed by atoms with van der Waals surface area (Å²) in [5.74, 6) is -0.481. The van der Waals surface area contributed by atoms with E-state index in [1.165, 1.54) is 18.3 Å². The zero-order chi connectivity index (χ0) is 21.0. The van der Waals surface area contributed by atoms with Crippen LogP contribution in [0.5, 0.6) is 0 Å². The van der Waals surface area contributed by atoms with Gasteiger partial charge in [0.25, 0.3) is 0 Å². The second-order valence-electron chi connectivity index (χ2n) is 5.96. The van der Waals surface area contributed by atoms with Crippen molar-refractivity contribution in [1.29, 1.82) is 0 Å². The second kappa shape index (κ2) is 8.97. The van der Waals surface area contributed by atoms with Gasteiger partial charge in [-0.05, 0) is 46.3 Å². The molecule has 148 valence electrons. The summed E-state index contributed by atoms with van der Waals surface area (Å²) in [4.78, 5) is 31.7. The van der Waals surface area contributed by atoms with E-state index in [0.717, 1.165) is 4.47 Å². The zero-order valence-corrected chi connectivity index (χ0v) is 17.4. The number of carbonyl (C=O) groups excluding carboxylic acids is 1. The molecule has 2 aromatic carbocycles.